The highest BCUT2D eigenvalue weighted by atomic mass is 31.2. The molecule has 2 amide bonds. The van der Waals surface area contributed by atoms with Gasteiger partial charge in [0.25, 0.3) is 0 Å². The number of benzene rings is 2. The third kappa shape index (κ3) is 10.4. The van der Waals surface area contributed by atoms with E-state index < -0.39 is 37.8 Å². The largest absolute Gasteiger partial charge is 0.481 e. The quantitative estimate of drug-likeness (QED) is 0.307. The molecule has 0 aliphatic rings. The summed E-state index contributed by atoms with van der Waals surface area (Å²) in [6.07, 6.45) is 0.408. The molecule has 0 fully saturated rings. The first-order chi connectivity index (χ1) is 15.8. The lowest BCUT2D eigenvalue weighted by atomic mass is 10.1. The van der Waals surface area contributed by atoms with Crippen LogP contribution in [-0.4, -0.2) is 46.7 Å². The molecule has 1 unspecified atom stereocenters. The van der Waals surface area contributed by atoms with Crippen LogP contribution in [-0.2, 0) is 36.3 Å². The third-order valence-electron chi connectivity index (χ3n) is 4.75. The van der Waals surface area contributed by atoms with Crippen molar-refractivity contribution in [3.8, 4) is 0 Å². The molecule has 2 atom stereocenters. The Kier molecular flexibility index (Phi) is 10.8. The van der Waals surface area contributed by atoms with Crippen molar-refractivity contribution in [1.29, 1.82) is 0 Å². The summed E-state index contributed by atoms with van der Waals surface area (Å²) in [7, 11) is -4.43. The van der Waals surface area contributed by atoms with Crippen molar-refractivity contribution in [2.24, 2.45) is 0 Å². The van der Waals surface area contributed by atoms with E-state index in [4.69, 9.17) is 9.63 Å². The fourth-order valence-corrected chi connectivity index (χ4v) is 4.26. The van der Waals surface area contributed by atoms with Gasteiger partial charge in [-0.2, -0.15) is 0 Å². The molecule has 178 valence electrons. The van der Waals surface area contributed by atoms with Gasteiger partial charge in [0.2, 0.25) is 11.8 Å². The fraction of sp³-hybridized carbons (Fsp3) is 0.348. The summed E-state index contributed by atoms with van der Waals surface area (Å²) in [5.74, 6) is -3.43. The lowest BCUT2D eigenvalue weighted by Gasteiger charge is -2.24. The van der Waals surface area contributed by atoms with Crippen LogP contribution >= 0.6 is 7.60 Å². The molecular weight excluding hydrogens is 447 g/mol. The number of carbonyl (C=O) groups excluding carboxylic acids is 2. The van der Waals surface area contributed by atoms with Crippen molar-refractivity contribution >= 4 is 25.4 Å². The number of nitrogens with one attached hydrogen (secondary N) is 2. The van der Waals surface area contributed by atoms with E-state index in [1.165, 1.54) is 0 Å². The molecule has 0 spiro atoms. The van der Waals surface area contributed by atoms with Crippen LogP contribution in [0.2, 0.25) is 0 Å². The Morgan fingerprint density at radius 2 is 1.52 bits per heavy atom. The first kappa shape index (κ1) is 26.3. The molecule has 2 aromatic rings. The summed E-state index contributed by atoms with van der Waals surface area (Å²) in [6.45, 7) is -0.293. The minimum Gasteiger partial charge on any atom is -0.481 e. The predicted molar refractivity (Wildman–Crippen MR) is 122 cm³/mol. The number of amides is 2. The molecule has 33 heavy (non-hydrogen) atoms. The molecule has 0 aliphatic heterocycles. The lowest BCUT2D eigenvalue weighted by Crippen LogP contribution is -2.37. The Balaban J connectivity index is 1.91. The predicted octanol–water partition coefficient (Wildman–Crippen LogP) is 2.49. The standard InChI is InChI=1S/C23H29N2O7P/c26-20(12-7-13-23(28)29)25-22(16-19-10-5-2-6-11-19)33(30,31)32-17-21(27)24-15-14-18-8-3-1-4-9-18/h1-6,8-11,22H,7,12-17H2,(H,24,27)(H,25,26)(H,28,29)(H,30,31)/t22-/m0/s1. The molecule has 0 bridgehead atoms. The molecule has 2 aromatic carbocycles. The van der Waals surface area contributed by atoms with Crippen LogP contribution in [0.4, 0.5) is 0 Å². The average molecular weight is 476 g/mol. The maximum atomic E-state index is 12.9. The number of hydrogen-bond acceptors (Lipinski definition) is 5. The van der Waals surface area contributed by atoms with Crippen molar-refractivity contribution in [2.75, 3.05) is 13.2 Å². The van der Waals surface area contributed by atoms with E-state index in [9.17, 15) is 23.8 Å². The highest BCUT2D eigenvalue weighted by molar-refractivity contribution is 7.53. The summed E-state index contributed by atoms with van der Waals surface area (Å²) in [5, 5.41) is 13.8. The number of carboxylic acids is 1. The summed E-state index contributed by atoms with van der Waals surface area (Å²) < 4.78 is 17.9. The van der Waals surface area contributed by atoms with Crippen LogP contribution in [0.3, 0.4) is 0 Å². The van der Waals surface area contributed by atoms with Crippen LogP contribution in [0, 0.1) is 0 Å². The Morgan fingerprint density at radius 1 is 0.909 bits per heavy atom. The Hall–Kier alpha value is -3.00. The summed E-state index contributed by atoms with van der Waals surface area (Å²) >= 11 is 0. The lowest BCUT2D eigenvalue weighted by molar-refractivity contribution is -0.137. The van der Waals surface area contributed by atoms with Crippen LogP contribution in [0.25, 0.3) is 0 Å². The molecule has 0 radical (unpaired) electrons. The smallest absolute Gasteiger partial charge is 0.351 e. The van der Waals surface area contributed by atoms with E-state index in [-0.39, 0.29) is 25.7 Å². The van der Waals surface area contributed by atoms with E-state index in [1.807, 2.05) is 30.3 Å². The van der Waals surface area contributed by atoms with E-state index in [1.54, 1.807) is 30.3 Å². The minimum absolute atomic E-state index is 0.00884. The minimum atomic E-state index is -4.43. The molecular formula is C23H29N2O7P. The fourth-order valence-electron chi connectivity index (χ4n) is 3.03. The number of carbonyl (C=O) groups is 3. The second-order valence-electron chi connectivity index (χ2n) is 7.44. The first-order valence-corrected chi connectivity index (χ1v) is 12.2. The number of carboxylic acid groups (broad SMARTS) is 1. The summed E-state index contributed by atoms with van der Waals surface area (Å²) in [4.78, 5) is 45.4. The summed E-state index contributed by atoms with van der Waals surface area (Å²) in [5.41, 5.74) is 1.73. The zero-order valence-electron chi connectivity index (χ0n) is 18.2. The Morgan fingerprint density at radius 3 is 2.12 bits per heavy atom. The van der Waals surface area contributed by atoms with Gasteiger partial charge in [-0.15, -0.1) is 0 Å². The van der Waals surface area contributed by atoms with Crippen molar-refractivity contribution < 1.29 is 33.5 Å². The van der Waals surface area contributed by atoms with E-state index in [2.05, 4.69) is 10.6 Å². The van der Waals surface area contributed by atoms with Crippen LogP contribution in [0.15, 0.2) is 60.7 Å². The average Bonchev–Trinajstić information content (AvgIpc) is 2.78. The maximum Gasteiger partial charge on any atom is 0.351 e. The molecule has 0 saturated carbocycles. The molecule has 0 saturated heterocycles. The monoisotopic (exact) mass is 476 g/mol. The molecule has 0 aromatic heterocycles. The molecule has 2 rings (SSSR count). The SMILES string of the molecule is O=C(O)CCCC(=O)N[C@H](Cc1ccccc1)P(=O)(O)OCC(=O)NCCc1ccccc1. The third-order valence-corrected chi connectivity index (χ3v) is 6.35. The zero-order chi connectivity index (χ0) is 24.1. The second-order valence-corrected chi connectivity index (χ2v) is 9.45. The van der Waals surface area contributed by atoms with Gasteiger partial charge in [0, 0.05) is 25.8 Å². The first-order valence-electron chi connectivity index (χ1n) is 10.6. The maximum absolute atomic E-state index is 12.9. The van der Waals surface area contributed by atoms with Crippen LogP contribution in [0.1, 0.15) is 30.4 Å². The number of rotatable bonds is 14. The van der Waals surface area contributed by atoms with E-state index in [0.29, 0.717) is 18.5 Å². The molecule has 4 N–H and O–H groups in total. The highest BCUT2D eigenvalue weighted by Gasteiger charge is 2.34. The van der Waals surface area contributed by atoms with Crippen molar-refractivity contribution in [2.45, 2.75) is 37.9 Å². The molecule has 10 heteroatoms. The van der Waals surface area contributed by atoms with Crippen LogP contribution < -0.4 is 10.6 Å². The zero-order valence-corrected chi connectivity index (χ0v) is 19.1. The topological polar surface area (TPSA) is 142 Å². The molecule has 0 aliphatic carbocycles. The number of hydrogen-bond donors (Lipinski definition) is 4. The molecule has 0 heterocycles. The highest BCUT2D eigenvalue weighted by Crippen LogP contribution is 2.47. The number of aliphatic carboxylic acids is 1. The second kappa shape index (κ2) is 13.5. The van der Waals surface area contributed by atoms with E-state index in [0.717, 1.165) is 5.56 Å². The van der Waals surface area contributed by atoms with Gasteiger partial charge in [-0.05, 0) is 24.0 Å². The van der Waals surface area contributed by atoms with Gasteiger partial charge in [0.1, 0.15) is 12.4 Å². The van der Waals surface area contributed by atoms with Crippen LogP contribution in [0.5, 0.6) is 0 Å². The summed E-state index contributed by atoms with van der Waals surface area (Å²) in [6, 6.07) is 18.3. The van der Waals surface area contributed by atoms with Gasteiger partial charge in [-0.3, -0.25) is 23.5 Å². The van der Waals surface area contributed by atoms with Crippen molar-refractivity contribution in [3.63, 3.8) is 0 Å². The Labute approximate surface area is 192 Å². The van der Waals surface area contributed by atoms with Gasteiger partial charge in [-0.1, -0.05) is 60.7 Å². The van der Waals surface area contributed by atoms with Gasteiger partial charge in [0.05, 0.1) is 0 Å². The van der Waals surface area contributed by atoms with Gasteiger partial charge >= 0.3 is 13.6 Å². The van der Waals surface area contributed by atoms with E-state index >= 15 is 0 Å². The van der Waals surface area contributed by atoms with Gasteiger partial charge in [0.15, 0.2) is 0 Å². The normalized spacial score (nSPS) is 13.5. The van der Waals surface area contributed by atoms with Gasteiger partial charge in [-0.25, -0.2) is 0 Å². The van der Waals surface area contributed by atoms with Crippen molar-refractivity contribution in [1.82, 2.24) is 10.6 Å². The van der Waals surface area contributed by atoms with Crippen molar-refractivity contribution in [3.05, 3.63) is 71.8 Å². The van der Waals surface area contributed by atoms with Gasteiger partial charge < -0.3 is 20.6 Å². The Bertz CT molecular complexity index is 954. The molecule has 9 nitrogen and oxygen atoms in total.